The van der Waals surface area contributed by atoms with Crippen molar-refractivity contribution >= 4 is 17.8 Å². The Kier molecular flexibility index (Phi) is 5.83. The lowest BCUT2D eigenvalue weighted by atomic mass is 9.97. The van der Waals surface area contributed by atoms with Crippen LogP contribution in [0.5, 0.6) is 11.5 Å². The number of aromatic hydroxyl groups is 1. The number of nitrogens with zero attached hydrogens (tertiary/aromatic N) is 1. The summed E-state index contributed by atoms with van der Waals surface area (Å²) in [6, 6.07) is 8.41. The van der Waals surface area contributed by atoms with Crippen LogP contribution in [0.1, 0.15) is 57.2 Å². The van der Waals surface area contributed by atoms with Gasteiger partial charge in [-0.15, -0.1) is 0 Å². The van der Waals surface area contributed by atoms with E-state index >= 15 is 0 Å². The van der Waals surface area contributed by atoms with Gasteiger partial charge >= 0.3 is 5.97 Å². The molecule has 31 heavy (non-hydrogen) atoms. The quantitative estimate of drug-likeness (QED) is 0.585. The van der Waals surface area contributed by atoms with E-state index in [4.69, 9.17) is 9.47 Å². The Bertz CT molecular complexity index is 1050. The van der Waals surface area contributed by atoms with Crippen molar-refractivity contribution in [3.05, 3.63) is 63.9 Å². The van der Waals surface area contributed by atoms with E-state index in [0.29, 0.717) is 40.5 Å². The SMILES string of the molecule is COC(=O)c1ccc(/C=C2/Oc3c(CN4CCCC(C)C4)c(O)cc(C)c3C2=O)cc1. The predicted octanol–water partition coefficient (Wildman–Crippen LogP) is 4.34. The molecule has 0 saturated carbocycles. The molecule has 1 unspecified atom stereocenters. The molecule has 0 aromatic heterocycles. The number of piperidine rings is 1. The molecule has 1 atom stereocenters. The van der Waals surface area contributed by atoms with Gasteiger partial charge in [0.25, 0.3) is 0 Å². The Morgan fingerprint density at radius 2 is 2.06 bits per heavy atom. The fourth-order valence-electron chi connectivity index (χ4n) is 4.37. The maximum absolute atomic E-state index is 13.1. The molecule has 1 saturated heterocycles. The largest absolute Gasteiger partial charge is 0.507 e. The maximum Gasteiger partial charge on any atom is 0.337 e. The van der Waals surface area contributed by atoms with Crippen molar-refractivity contribution in [2.24, 2.45) is 5.92 Å². The van der Waals surface area contributed by atoms with Gasteiger partial charge in [-0.1, -0.05) is 19.1 Å². The van der Waals surface area contributed by atoms with Crippen LogP contribution in [0.3, 0.4) is 0 Å². The van der Waals surface area contributed by atoms with Crippen LogP contribution in [-0.4, -0.2) is 42.0 Å². The van der Waals surface area contributed by atoms with Gasteiger partial charge in [0.2, 0.25) is 5.78 Å². The summed E-state index contributed by atoms with van der Waals surface area (Å²) in [6.07, 6.45) is 4.00. The van der Waals surface area contributed by atoms with Crippen molar-refractivity contribution in [2.75, 3.05) is 20.2 Å². The molecule has 6 nitrogen and oxygen atoms in total. The summed E-state index contributed by atoms with van der Waals surface area (Å²) in [5.41, 5.74) is 3.03. The monoisotopic (exact) mass is 421 g/mol. The third-order valence-electron chi connectivity index (χ3n) is 5.97. The van der Waals surface area contributed by atoms with E-state index in [0.717, 1.165) is 25.1 Å². The second kappa shape index (κ2) is 8.55. The second-order valence-electron chi connectivity index (χ2n) is 8.43. The van der Waals surface area contributed by atoms with Gasteiger partial charge in [-0.05, 0) is 67.6 Å². The number of benzene rings is 2. The van der Waals surface area contributed by atoms with Crippen LogP contribution in [0.15, 0.2) is 36.1 Å². The topological polar surface area (TPSA) is 76.1 Å². The van der Waals surface area contributed by atoms with E-state index in [1.807, 2.05) is 0 Å². The first kappa shape index (κ1) is 21.1. The molecule has 0 radical (unpaired) electrons. The zero-order valence-electron chi connectivity index (χ0n) is 18.1. The van der Waals surface area contributed by atoms with Crippen LogP contribution < -0.4 is 4.74 Å². The highest BCUT2D eigenvalue weighted by Crippen LogP contribution is 2.42. The Morgan fingerprint density at radius 3 is 2.74 bits per heavy atom. The van der Waals surface area contributed by atoms with E-state index in [2.05, 4.69) is 11.8 Å². The summed E-state index contributed by atoms with van der Waals surface area (Å²) in [5.74, 6) is 0.827. The molecule has 2 aliphatic rings. The first-order chi connectivity index (χ1) is 14.9. The van der Waals surface area contributed by atoms with E-state index in [9.17, 15) is 14.7 Å². The molecule has 2 heterocycles. The standard InChI is InChI=1S/C25H27NO5/c1-15-5-4-10-26(13-15)14-19-20(27)11-16(2)22-23(28)21(31-24(19)22)12-17-6-8-18(9-7-17)25(29)30-3/h6-9,11-12,15,27H,4-5,10,13-14H2,1-3H3/b21-12+. The van der Waals surface area contributed by atoms with Crippen LogP contribution in [0, 0.1) is 12.8 Å². The van der Waals surface area contributed by atoms with Crippen LogP contribution in [-0.2, 0) is 11.3 Å². The van der Waals surface area contributed by atoms with Crippen molar-refractivity contribution in [3.63, 3.8) is 0 Å². The van der Waals surface area contributed by atoms with Gasteiger partial charge in [-0.25, -0.2) is 4.79 Å². The number of esters is 1. The van der Waals surface area contributed by atoms with Gasteiger partial charge in [0.1, 0.15) is 11.5 Å². The molecule has 0 bridgehead atoms. The zero-order valence-corrected chi connectivity index (χ0v) is 18.1. The summed E-state index contributed by atoms with van der Waals surface area (Å²) in [6.45, 7) is 6.52. The molecule has 2 aromatic rings. The Hall–Kier alpha value is -3.12. The predicted molar refractivity (Wildman–Crippen MR) is 117 cm³/mol. The summed E-state index contributed by atoms with van der Waals surface area (Å²) in [5, 5.41) is 10.6. The lowest BCUT2D eigenvalue weighted by molar-refractivity contribution is 0.0600. The number of Topliss-reactive ketones (excluding diaryl/α,β-unsaturated/α-hetero) is 1. The molecule has 0 aliphatic carbocycles. The van der Waals surface area contributed by atoms with Gasteiger partial charge in [-0.3, -0.25) is 9.69 Å². The maximum atomic E-state index is 13.1. The molecule has 1 N–H and O–H groups in total. The smallest absolute Gasteiger partial charge is 0.337 e. The number of hydrogen-bond acceptors (Lipinski definition) is 6. The normalized spacial score (nSPS) is 19.9. The number of carbonyl (C=O) groups is 2. The molecule has 162 valence electrons. The van der Waals surface area contributed by atoms with Crippen LogP contribution in [0.2, 0.25) is 0 Å². The minimum Gasteiger partial charge on any atom is -0.507 e. The number of allylic oxidation sites excluding steroid dienone is 1. The van der Waals surface area contributed by atoms with Gasteiger partial charge in [0.15, 0.2) is 5.76 Å². The number of aryl methyl sites for hydroxylation is 1. The summed E-state index contributed by atoms with van der Waals surface area (Å²) in [4.78, 5) is 27.0. The van der Waals surface area contributed by atoms with E-state index in [1.54, 1.807) is 43.3 Å². The fourth-order valence-corrected chi connectivity index (χ4v) is 4.37. The molecule has 4 rings (SSSR count). The lowest BCUT2D eigenvalue weighted by Gasteiger charge is -2.31. The molecular formula is C25H27NO5. The average molecular weight is 421 g/mol. The van der Waals surface area contributed by atoms with Crippen molar-refractivity contribution in [2.45, 2.75) is 33.2 Å². The number of ketones is 1. The minimum absolute atomic E-state index is 0.158. The molecule has 0 spiro atoms. The summed E-state index contributed by atoms with van der Waals surface area (Å²) in [7, 11) is 1.33. The first-order valence-electron chi connectivity index (χ1n) is 10.6. The van der Waals surface area contributed by atoms with Gasteiger partial charge in [0.05, 0.1) is 23.8 Å². The van der Waals surface area contributed by atoms with Crippen molar-refractivity contribution in [3.8, 4) is 11.5 Å². The summed E-state index contributed by atoms with van der Waals surface area (Å²) < 4.78 is 10.7. The zero-order chi connectivity index (χ0) is 22.1. The van der Waals surface area contributed by atoms with Crippen LogP contribution >= 0.6 is 0 Å². The highest BCUT2D eigenvalue weighted by Gasteiger charge is 2.34. The van der Waals surface area contributed by atoms with E-state index in [1.165, 1.54) is 13.5 Å². The average Bonchev–Trinajstić information content (AvgIpc) is 3.07. The highest BCUT2D eigenvalue weighted by atomic mass is 16.5. The third-order valence-corrected chi connectivity index (χ3v) is 5.97. The molecule has 2 aliphatic heterocycles. The van der Waals surface area contributed by atoms with Gasteiger partial charge in [0, 0.05) is 13.1 Å². The van der Waals surface area contributed by atoms with Crippen molar-refractivity contribution in [1.82, 2.24) is 4.90 Å². The van der Waals surface area contributed by atoms with E-state index < -0.39 is 5.97 Å². The van der Waals surface area contributed by atoms with Gasteiger partial charge in [-0.2, -0.15) is 0 Å². The Balaban J connectivity index is 1.64. The van der Waals surface area contributed by atoms with Gasteiger partial charge < -0.3 is 14.6 Å². The molecule has 0 amide bonds. The number of methoxy groups -OCH3 is 1. The third kappa shape index (κ3) is 4.21. The highest BCUT2D eigenvalue weighted by molar-refractivity contribution is 6.15. The van der Waals surface area contributed by atoms with Crippen LogP contribution in [0.25, 0.3) is 6.08 Å². The number of fused-ring (bicyclic) bond motifs is 1. The van der Waals surface area contributed by atoms with Crippen molar-refractivity contribution in [1.29, 1.82) is 0 Å². The molecule has 2 aromatic carbocycles. The molecular weight excluding hydrogens is 394 g/mol. The van der Waals surface area contributed by atoms with Crippen molar-refractivity contribution < 1.29 is 24.2 Å². The fraction of sp³-hybridized carbons (Fsp3) is 0.360. The summed E-state index contributed by atoms with van der Waals surface area (Å²) >= 11 is 0. The lowest BCUT2D eigenvalue weighted by Crippen LogP contribution is -2.33. The number of likely N-dealkylation sites (tertiary alicyclic amines) is 1. The molecule has 1 fully saturated rings. The number of phenols is 1. The number of carbonyl (C=O) groups excluding carboxylic acids is 2. The number of rotatable bonds is 4. The Morgan fingerprint density at radius 1 is 1.32 bits per heavy atom. The number of phenolic OH excluding ortho intramolecular Hbond substituents is 1. The van der Waals surface area contributed by atoms with E-state index in [-0.39, 0.29) is 17.3 Å². The number of ether oxygens (including phenoxy) is 2. The number of hydrogen-bond donors (Lipinski definition) is 1. The Labute approximate surface area is 182 Å². The minimum atomic E-state index is -0.414. The second-order valence-corrected chi connectivity index (χ2v) is 8.43. The first-order valence-corrected chi connectivity index (χ1v) is 10.6. The van der Waals surface area contributed by atoms with Crippen LogP contribution in [0.4, 0.5) is 0 Å². The molecule has 6 heteroatoms.